The number of hydrogen-bond acceptors (Lipinski definition) is 3. The van der Waals surface area contributed by atoms with Gasteiger partial charge in [-0.2, -0.15) is 0 Å². The zero-order valence-corrected chi connectivity index (χ0v) is 12.0. The van der Waals surface area contributed by atoms with Gasteiger partial charge in [-0.05, 0) is 29.8 Å². The quantitative estimate of drug-likeness (QED) is 0.795. The van der Waals surface area contributed by atoms with Gasteiger partial charge in [0.05, 0.1) is 18.9 Å². The number of amides is 2. The van der Waals surface area contributed by atoms with Crippen LogP contribution in [-0.2, 0) is 0 Å². The van der Waals surface area contributed by atoms with Crippen molar-refractivity contribution >= 4 is 11.7 Å². The molecule has 0 heterocycles. The van der Waals surface area contributed by atoms with E-state index in [1.165, 1.54) is 31.4 Å². The minimum Gasteiger partial charge on any atom is -0.495 e. The van der Waals surface area contributed by atoms with E-state index >= 15 is 0 Å². The Balaban J connectivity index is 1.88. The van der Waals surface area contributed by atoms with Crippen LogP contribution >= 0.6 is 0 Å². The lowest BCUT2D eigenvalue weighted by molar-refractivity contribution is 0.175. The maximum absolute atomic E-state index is 12.8. The average Bonchev–Trinajstić information content (AvgIpc) is 2.54. The number of anilines is 1. The maximum atomic E-state index is 12.8. The lowest BCUT2D eigenvalue weighted by Crippen LogP contribution is -2.32. The van der Waals surface area contributed by atoms with Crippen LogP contribution in [0.3, 0.4) is 0 Å². The molecule has 2 aromatic rings. The molecule has 1 unspecified atom stereocenters. The molecule has 2 amide bonds. The molecule has 5 nitrogen and oxygen atoms in total. The molecule has 0 aromatic heterocycles. The Morgan fingerprint density at radius 2 is 1.91 bits per heavy atom. The van der Waals surface area contributed by atoms with Crippen LogP contribution in [0.25, 0.3) is 0 Å². The largest absolute Gasteiger partial charge is 0.495 e. The highest BCUT2D eigenvalue weighted by Gasteiger charge is 2.11. The Morgan fingerprint density at radius 1 is 1.23 bits per heavy atom. The minimum atomic E-state index is -0.913. The topological polar surface area (TPSA) is 70.6 Å². The standard InChI is InChI=1S/C16H17FN2O3/c1-22-15-5-3-2-4-13(15)19-16(21)18-10-14(20)11-6-8-12(17)9-7-11/h2-9,14,20H,10H2,1H3,(H2,18,19,21). The van der Waals surface area contributed by atoms with Gasteiger partial charge in [0, 0.05) is 6.54 Å². The predicted octanol–water partition coefficient (Wildman–Crippen LogP) is 2.69. The molecule has 0 aliphatic carbocycles. The highest BCUT2D eigenvalue weighted by atomic mass is 19.1. The number of carbonyl (C=O) groups is 1. The summed E-state index contributed by atoms with van der Waals surface area (Å²) in [6.07, 6.45) is -0.913. The molecule has 116 valence electrons. The van der Waals surface area contributed by atoms with E-state index in [2.05, 4.69) is 10.6 Å². The summed E-state index contributed by atoms with van der Waals surface area (Å²) < 4.78 is 17.9. The molecule has 1 atom stereocenters. The molecule has 0 bridgehead atoms. The summed E-state index contributed by atoms with van der Waals surface area (Å²) in [7, 11) is 1.51. The summed E-state index contributed by atoms with van der Waals surface area (Å²) in [6, 6.07) is 12.0. The number of ether oxygens (including phenoxy) is 1. The van der Waals surface area contributed by atoms with Crippen LogP contribution in [0.15, 0.2) is 48.5 Å². The normalized spacial score (nSPS) is 11.6. The number of rotatable bonds is 5. The molecule has 6 heteroatoms. The first-order valence-electron chi connectivity index (χ1n) is 6.71. The number of urea groups is 1. The Hall–Kier alpha value is -2.60. The van der Waals surface area contributed by atoms with Gasteiger partial charge in [-0.25, -0.2) is 9.18 Å². The fourth-order valence-corrected chi connectivity index (χ4v) is 1.91. The molecule has 0 spiro atoms. The summed E-state index contributed by atoms with van der Waals surface area (Å²) >= 11 is 0. The minimum absolute atomic E-state index is 0.00656. The van der Waals surface area contributed by atoms with E-state index in [9.17, 15) is 14.3 Å². The van der Waals surface area contributed by atoms with Gasteiger partial charge in [0.15, 0.2) is 0 Å². The molecule has 0 saturated carbocycles. The third-order valence-electron chi connectivity index (χ3n) is 3.07. The predicted molar refractivity (Wildman–Crippen MR) is 81.4 cm³/mol. The molecular weight excluding hydrogens is 287 g/mol. The van der Waals surface area contributed by atoms with Crippen LogP contribution < -0.4 is 15.4 Å². The Kier molecular flexibility index (Phi) is 5.32. The van der Waals surface area contributed by atoms with Crippen molar-refractivity contribution in [3.8, 4) is 5.75 Å². The van der Waals surface area contributed by atoms with Crippen LogP contribution in [0.5, 0.6) is 5.75 Å². The van der Waals surface area contributed by atoms with Crippen molar-refractivity contribution in [3.05, 3.63) is 59.9 Å². The zero-order valence-electron chi connectivity index (χ0n) is 12.0. The van der Waals surface area contributed by atoms with Crippen molar-refractivity contribution in [1.29, 1.82) is 0 Å². The van der Waals surface area contributed by atoms with E-state index in [0.29, 0.717) is 17.0 Å². The first-order valence-corrected chi connectivity index (χ1v) is 6.71. The van der Waals surface area contributed by atoms with Gasteiger partial charge in [0.2, 0.25) is 0 Å². The molecule has 0 saturated heterocycles. The van der Waals surface area contributed by atoms with Crippen LogP contribution in [0.4, 0.5) is 14.9 Å². The van der Waals surface area contributed by atoms with Crippen molar-refractivity contribution in [1.82, 2.24) is 5.32 Å². The van der Waals surface area contributed by atoms with Gasteiger partial charge in [-0.1, -0.05) is 24.3 Å². The van der Waals surface area contributed by atoms with E-state index in [0.717, 1.165) is 0 Å². The van der Waals surface area contributed by atoms with Crippen molar-refractivity contribution in [3.63, 3.8) is 0 Å². The molecule has 0 aliphatic rings. The second-order valence-electron chi connectivity index (χ2n) is 4.60. The van der Waals surface area contributed by atoms with Crippen molar-refractivity contribution in [2.75, 3.05) is 19.0 Å². The summed E-state index contributed by atoms with van der Waals surface area (Å²) in [5, 5.41) is 15.1. The number of methoxy groups -OCH3 is 1. The fourth-order valence-electron chi connectivity index (χ4n) is 1.91. The van der Waals surface area contributed by atoms with Gasteiger partial charge >= 0.3 is 6.03 Å². The molecule has 0 fully saturated rings. The van der Waals surface area contributed by atoms with Crippen molar-refractivity contribution < 1.29 is 19.0 Å². The number of aliphatic hydroxyl groups is 1. The van der Waals surface area contributed by atoms with E-state index in [1.807, 2.05) is 0 Å². The van der Waals surface area contributed by atoms with Gasteiger partial charge in [0.1, 0.15) is 11.6 Å². The first kappa shape index (κ1) is 15.8. The monoisotopic (exact) mass is 304 g/mol. The van der Waals surface area contributed by atoms with Crippen molar-refractivity contribution in [2.45, 2.75) is 6.10 Å². The molecule has 2 aromatic carbocycles. The fraction of sp³-hybridized carbons (Fsp3) is 0.188. The Labute approximate surface area is 127 Å². The smallest absolute Gasteiger partial charge is 0.319 e. The first-order chi connectivity index (χ1) is 10.6. The number of nitrogens with one attached hydrogen (secondary N) is 2. The van der Waals surface area contributed by atoms with Crippen LogP contribution in [0.2, 0.25) is 0 Å². The van der Waals surface area contributed by atoms with E-state index in [4.69, 9.17) is 4.74 Å². The molecular formula is C16H17FN2O3. The number of aliphatic hydroxyl groups excluding tert-OH is 1. The Bertz CT molecular complexity index is 632. The third kappa shape index (κ3) is 4.20. The van der Waals surface area contributed by atoms with Gasteiger partial charge in [-0.15, -0.1) is 0 Å². The maximum Gasteiger partial charge on any atom is 0.319 e. The van der Waals surface area contributed by atoms with Crippen LogP contribution in [0.1, 0.15) is 11.7 Å². The van der Waals surface area contributed by atoms with E-state index in [-0.39, 0.29) is 12.4 Å². The Morgan fingerprint density at radius 3 is 2.59 bits per heavy atom. The summed E-state index contributed by atoms with van der Waals surface area (Å²) in [5.74, 6) is 0.162. The average molecular weight is 304 g/mol. The van der Waals surface area contributed by atoms with Crippen molar-refractivity contribution in [2.24, 2.45) is 0 Å². The second kappa shape index (κ2) is 7.42. The summed E-state index contributed by atoms with van der Waals surface area (Å²) in [6.45, 7) is 0.00656. The number of carbonyl (C=O) groups excluding carboxylic acids is 1. The van der Waals surface area contributed by atoms with Gasteiger partial charge in [-0.3, -0.25) is 0 Å². The molecule has 3 N–H and O–H groups in total. The second-order valence-corrected chi connectivity index (χ2v) is 4.60. The molecule has 0 aliphatic heterocycles. The lowest BCUT2D eigenvalue weighted by atomic mass is 10.1. The molecule has 0 radical (unpaired) electrons. The SMILES string of the molecule is COc1ccccc1NC(=O)NCC(O)c1ccc(F)cc1. The highest BCUT2D eigenvalue weighted by Crippen LogP contribution is 2.22. The third-order valence-corrected chi connectivity index (χ3v) is 3.07. The molecule has 22 heavy (non-hydrogen) atoms. The highest BCUT2D eigenvalue weighted by molar-refractivity contribution is 5.90. The van der Waals surface area contributed by atoms with E-state index < -0.39 is 12.1 Å². The number of halogens is 1. The number of para-hydroxylation sites is 2. The van der Waals surface area contributed by atoms with Gasteiger partial charge < -0.3 is 20.5 Å². The molecule has 2 rings (SSSR count). The van der Waals surface area contributed by atoms with Crippen LogP contribution in [-0.4, -0.2) is 24.8 Å². The summed E-state index contributed by atoms with van der Waals surface area (Å²) in [5.41, 5.74) is 1.05. The van der Waals surface area contributed by atoms with E-state index in [1.54, 1.807) is 24.3 Å². The lowest BCUT2D eigenvalue weighted by Gasteiger charge is -2.14. The van der Waals surface area contributed by atoms with Crippen LogP contribution in [0, 0.1) is 5.82 Å². The van der Waals surface area contributed by atoms with Gasteiger partial charge in [0.25, 0.3) is 0 Å². The zero-order chi connectivity index (χ0) is 15.9. The number of hydrogen-bond donors (Lipinski definition) is 3. The summed E-state index contributed by atoms with van der Waals surface area (Å²) in [4.78, 5) is 11.8. The number of benzene rings is 2.